The summed E-state index contributed by atoms with van der Waals surface area (Å²) in [5, 5.41) is 11.9. The van der Waals surface area contributed by atoms with Gasteiger partial charge in [0.05, 0.1) is 12.7 Å². The zero-order chi connectivity index (χ0) is 16.0. The van der Waals surface area contributed by atoms with E-state index in [0.717, 1.165) is 55.1 Å². The molecule has 1 saturated heterocycles. The van der Waals surface area contributed by atoms with Crippen molar-refractivity contribution in [2.75, 3.05) is 20.2 Å². The second-order valence-electron chi connectivity index (χ2n) is 7.65. The van der Waals surface area contributed by atoms with Gasteiger partial charge in [-0.2, -0.15) is 0 Å². The number of hydrogen-bond acceptors (Lipinski definition) is 3. The molecule has 0 aromatic heterocycles. The number of piperidine rings is 1. The van der Waals surface area contributed by atoms with Gasteiger partial charge in [-0.15, -0.1) is 0 Å². The van der Waals surface area contributed by atoms with E-state index in [2.05, 4.69) is 4.90 Å². The highest BCUT2D eigenvalue weighted by Crippen LogP contribution is 2.48. The molecule has 0 spiro atoms. The molecular weight excluding hydrogens is 310 g/mol. The standard InChI is InChI=1S/C19H26ClNO2/c1-23-18-5-4-15(20)12-16(18)19(22)6-8-21(9-7-19)17-11-13-2-3-14(17)10-13/h4-5,12-14,17,22H,2-3,6-11H2,1H3. The predicted molar refractivity (Wildman–Crippen MR) is 91.9 cm³/mol. The van der Waals surface area contributed by atoms with Gasteiger partial charge in [0.15, 0.2) is 0 Å². The topological polar surface area (TPSA) is 32.7 Å². The van der Waals surface area contributed by atoms with Crippen molar-refractivity contribution in [3.63, 3.8) is 0 Å². The molecule has 3 atom stereocenters. The Hall–Kier alpha value is -0.770. The summed E-state index contributed by atoms with van der Waals surface area (Å²) in [6, 6.07) is 6.31. The van der Waals surface area contributed by atoms with Crippen LogP contribution in [0.1, 0.15) is 44.1 Å². The highest BCUT2D eigenvalue weighted by Gasteiger charge is 2.45. The molecule has 3 nitrogen and oxygen atoms in total. The Morgan fingerprint density at radius 3 is 2.61 bits per heavy atom. The average Bonchev–Trinajstić information content (AvgIpc) is 3.19. The molecule has 0 radical (unpaired) electrons. The van der Waals surface area contributed by atoms with Gasteiger partial charge in [0.1, 0.15) is 5.75 Å². The van der Waals surface area contributed by atoms with E-state index < -0.39 is 5.60 Å². The molecule has 1 N–H and O–H groups in total. The Morgan fingerprint density at radius 1 is 1.22 bits per heavy atom. The molecular formula is C19H26ClNO2. The van der Waals surface area contributed by atoms with Crippen LogP contribution in [0.5, 0.6) is 5.75 Å². The van der Waals surface area contributed by atoms with Gasteiger partial charge in [0.2, 0.25) is 0 Å². The number of methoxy groups -OCH3 is 1. The van der Waals surface area contributed by atoms with Crippen molar-refractivity contribution in [3.05, 3.63) is 28.8 Å². The van der Waals surface area contributed by atoms with Crippen LogP contribution in [0, 0.1) is 11.8 Å². The molecule has 1 aromatic carbocycles. The molecule has 3 unspecified atom stereocenters. The van der Waals surface area contributed by atoms with Gasteiger partial charge in [0.25, 0.3) is 0 Å². The number of benzene rings is 1. The number of nitrogens with zero attached hydrogens (tertiary/aromatic N) is 1. The number of fused-ring (bicyclic) bond motifs is 2. The van der Waals surface area contributed by atoms with Gasteiger partial charge < -0.3 is 9.84 Å². The van der Waals surface area contributed by atoms with Gasteiger partial charge >= 0.3 is 0 Å². The Balaban J connectivity index is 1.49. The van der Waals surface area contributed by atoms with Gasteiger partial charge in [-0.1, -0.05) is 18.0 Å². The molecule has 1 aliphatic heterocycles. The van der Waals surface area contributed by atoms with E-state index >= 15 is 0 Å². The van der Waals surface area contributed by atoms with Crippen LogP contribution >= 0.6 is 11.6 Å². The van der Waals surface area contributed by atoms with E-state index in [1.54, 1.807) is 7.11 Å². The van der Waals surface area contributed by atoms with Crippen LogP contribution in [0.2, 0.25) is 5.02 Å². The molecule has 1 aromatic rings. The smallest absolute Gasteiger partial charge is 0.125 e. The molecule has 126 valence electrons. The fourth-order valence-corrected chi connectivity index (χ4v) is 5.37. The van der Waals surface area contributed by atoms with Crippen molar-refractivity contribution >= 4 is 11.6 Å². The van der Waals surface area contributed by atoms with E-state index in [1.807, 2.05) is 18.2 Å². The third kappa shape index (κ3) is 2.77. The van der Waals surface area contributed by atoms with Gasteiger partial charge in [-0.3, -0.25) is 4.90 Å². The molecule has 0 amide bonds. The van der Waals surface area contributed by atoms with Crippen molar-refractivity contribution in [1.82, 2.24) is 4.90 Å². The summed E-state index contributed by atoms with van der Waals surface area (Å²) in [7, 11) is 1.65. The van der Waals surface area contributed by atoms with E-state index in [4.69, 9.17) is 16.3 Å². The van der Waals surface area contributed by atoms with Crippen molar-refractivity contribution in [2.45, 2.75) is 50.2 Å². The number of rotatable bonds is 3. The van der Waals surface area contributed by atoms with Crippen LogP contribution < -0.4 is 4.74 Å². The van der Waals surface area contributed by atoms with Crippen LogP contribution in [0.4, 0.5) is 0 Å². The largest absolute Gasteiger partial charge is 0.496 e. The minimum absolute atomic E-state index is 0.657. The van der Waals surface area contributed by atoms with E-state index in [9.17, 15) is 5.11 Å². The molecule has 23 heavy (non-hydrogen) atoms. The molecule has 1 heterocycles. The zero-order valence-corrected chi connectivity index (χ0v) is 14.6. The van der Waals surface area contributed by atoms with Crippen molar-refractivity contribution in [3.8, 4) is 5.75 Å². The minimum atomic E-state index is -0.815. The van der Waals surface area contributed by atoms with E-state index in [0.29, 0.717) is 5.02 Å². The lowest BCUT2D eigenvalue weighted by Crippen LogP contribution is -2.48. The maximum absolute atomic E-state index is 11.2. The maximum Gasteiger partial charge on any atom is 0.125 e. The molecule has 3 aliphatic rings. The van der Waals surface area contributed by atoms with Gasteiger partial charge in [-0.25, -0.2) is 0 Å². The summed E-state index contributed by atoms with van der Waals surface area (Å²) < 4.78 is 5.45. The molecule has 2 saturated carbocycles. The number of hydrogen-bond donors (Lipinski definition) is 1. The first-order valence-corrected chi connectivity index (χ1v) is 9.27. The van der Waals surface area contributed by atoms with Crippen molar-refractivity contribution in [1.29, 1.82) is 0 Å². The molecule has 4 rings (SSSR count). The highest BCUT2D eigenvalue weighted by atomic mass is 35.5. The monoisotopic (exact) mass is 335 g/mol. The molecule has 3 fully saturated rings. The van der Waals surface area contributed by atoms with Crippen molar-refractivity contribution in [2.24, 2.45) is 11.8 Å². The third-order valence-corrected chi connectivity index (χ3v) is 6.69. The third-order valence-electron chi connectivity index (χ3n) is 6.46. The molecule has 2 bridgehead atoms. The first-order valence-electron chi connectivity index (χ1n) is 8.89. The minimum Gasteiger partial charge on any atom is -0.496 e. The Labute approximate surface area is 143 Å². The number of likely N-dealkylation sites (tertiary alicyclic amines) is 1. The summed E-state index contributed by atoms with van der Waals surface area (Å²) in [5.41, 5.74) is 0.0322. The lowest BCUT2D eigenvalue weighted by atomic mass is 9.82. The average molecular weight is 336 g/mol. The zero-order valence-electron chi connectivity index (χ0n) is 13.8. The number of halogens is 1. The van der Waals surface area contributed by atoms with Gasteiger partial charge in [-0.05, 0) is 62.1 Å². The lowest BCUT2D eigenvalue weighted by molar-refractivity contribution is -0.0426. The van der Waals surface area contributed by atoms with E-state index in [1.165, 1.54) is 25.7 Å². The first-order chi connectivity index (χ1) is 11.1. The van der Waals surface area contributed by atoms with Crippen LogP contribution in [-0.2, 0) is 5.60 Å². The summed E-state index contributed by atoms with van der Waals surface area (Å²) in [6.45, 7) is 1.94. The molecule has 4 heteroatoms. The quantitative estimate of drug-likeness (QED) is 0.911. The summed E-state index contributed by atoms with van der Waals surface area (Å²) in [5.74, 6) is 2.62. The predicted octanol–water partition coefficient (Wildman–Crippen LogP) is 3.82. The second-order valence-corrected chi connectivity index (χ2v) is 8.09. The highest BCUT2D eigenvalue weighted by molar-refractivity contribution is 6.30. The fourth-order valence-electron chi connectivity index (χ4n) is 5.20. The number of ether oxygens (including phenoxy) is 1. The van der Waals surface area contributed by atoms with Crippen LogP contribution in [0.3, 0.4) is 0 Å². The first kappa shape index (κ1) is 15.7. The normalized spacial score (nSPS) is 33.1. The molecule has 2 aliphatic carbocycles. The SMILES string of the molecule is COc1ccc(Cl)cc1C1(O)CCN(C2CC3CCC2C3)CC1. The summed E-state index contributed by atoms with van der Waals surface area (Å²) in [4.78, 5) is 2.63. The summed E-state index contributed by atoms with van der Waals surface area (Å²) >= 11 is 6.15. The maximum atomic E-state index is 11.2. The van der Waals surface area contributed by atoms with E-state index in [-0.39, 0.29) is 0 Å². The Bertz CT molecular complexity index is 583. The fraction of sp³-hybridized carbons (Fsp3) is 0.684. The van der Waals surface area contributed by atoms with Crippen LogP contribution in [0.25, 0.3) is 0 Å². The Kier molecular flexibility index (Phi) is 4.07. The number of aliphatic hydroxyl groups is 1. The Morgan fingerprint density at radius 2 is 2.00 bits per heavy atom. The second kappa shape index (κ2) is 5.94. The van der Waals surface area contributed by atoms with Gasteiger partial charge in [0, 0.05) is 29.7 Å². The van der Waals surface area contributed by atoms with Crippen LogP contribution in [-0.4, -0.2) is 36.2 Å². The summed E-state index contributed by atoms with van der Waals surface area (Å²) in [6.07, 6.45) is 7.20. The van der Waals surface area contributed by atoms with Crippen molar-refractivity contribution < 1.29 is 9.84 Å². The lowest BCUT2D eigenvalue weighted by Gasteiger charge is -2.43. The van der Waals surface area contributed by atoms with Crippen LogP contribution in [0.15, 0.2) is 18.2 Å².